The minimum atomic E-state index is -0.216. The predicted molar refractivity (Wildman–Crippen MR) is 63.1 cm³/mol. The molecule has 16 heavy (non-hydrogen) atoms. The molecule has 0 spiro atoms. The lowest BCUT2D eigenvalue weighted by Crippen LogP contribution is -2.47. The van der Waals surface area contributed by atoms with Crippen molar-refractivity contribution in [3.63, 3.8) is 0 Å². The molecule has 4 nitrogen and oxygen atoms in total. The van der Waals surface area contributed by atoms with Gasteiger partial charge in [0, 0.05) is 25.2 Å². The predicted octanol–water partition coefficient (Wildman–Crippen LogP) is 1.66. The SMILES string of the molecule is O=c1nc(Cl)cc2n1CCC1CCCCN21. The number of fused-ring (bicyclic) bond motifs is 3. The van der Waals surface area contributed by atoms with E-state index in [9.17, 15) is 4.79 Å². The van der Waals surface area contributed by atoms with Gasteiger partial charge < -0.3 is 4.90 Å². The van der Waals surface area contributed by atoms with Crippen molar-refractivity contribution in [1.29, 1.82) is 0 Å². The summed E-state index contributed by atoms with van der Waals surface area (Å²) < 4.78 is 1.74. The van der Waals surface area contributed by atoms with Crippen LogP contribution < -0.4 is 10.6 Å². The van der Waals surface area contributed by atoms with Gasteiger partial charge in [0.15, 0.2) is 0 Å². The number of piperidine rings is 1. The Bertz CT molecular complexity index is 471. The van der Waals surface area contributed by atoms with Crippen molar-refractivity contribution < 1.29 is 0 Å². The summed E-state index contributed by atoms with van der Waals surface area (Å²) in [7, 11) is 0. The molecule has 1 unspecified atom stereocenters. The molecule has 0 saturated carbocycles. The molecule has 1 atom stereocenters. The van der Waals surface area contributed by atoms with Crippen LogP contribution in [0, 0.1) is 0 Å². The van der Waals surface area contributed by atoms with E-state index in [1.807, 2.05) is 6.07 Å². The van der Waals surface area contributed by atoms with Gasteiger partial charge >= 0.3 is 5.69 Å². The highest BCUT2D eigenvalue weighted by atomic mass is 35.5. The van der Waals surface area contributed by atoms with E-state index in [0.29, 0.717) is 11.2 Å². The summed E-state index contributed by atoms with van der Waals surface area (Å²) in [6.45, 7) is 1.81. The molecule has 0 amide bonds. The van der Waals surface area contributed by atoms with Gasteiger partial charge in [-0.05, 0) is 25.7 Å². The van der Waals surface area contributed by atoms with Crippen LogP contribution in [-0.4, -0.2) is 22.1 Å². The standard InChI is InChI=1S/C11H14ClN3O/c12-9-7-10-14-5-2-1-3-8(14)4-6-15(10)11(16)13-9/h7-8H,1-6H2. The Hall–Kier alpha value is -1.03. The normalized spacial score (nSPS) is 23.8. The number of hydrogen-bond donors (Lipinski definition) is 0. The monoisotopic (exact) mass is 239 g/mol. The molecule has 3 heterocycles. The second-order valence-electron chi connectivity index (χ2n) is 4.50. The Balaban J connectivity index is 2.10. The molecule has 0 bridgehead atoms. The van der Waals surface area contributed by atoms with Gasteiger partial charge in [-0.1, -0.05) is 11.6 Å². The van der Waals surface area contributed by atoms with Crippen LogP contribution in [0.15, 0.2) is 10.9 Å². The number of hydrogen-bond acceptors (Lipinski definition) is 3. The van der Waals surface area contributed by atoms with Crippen molar-refractivity contribution in [3.8, 4) is 0 Å². The number of nitrogens with zero attached hydrogens (tertiary/aromatic N) is 3. The molecule has 1 aromatic heterocycles. The fraction of sp³-hybridized carbons (Fsp3) is 0.636. The van der Waals surface area contributed by atoms with Gasteiger partial charge in [0.05, 0.1) is 0 Å². The molecular weight excluding hydrogens is 226 g/mol. The van der Waals surface area contributed by atoms with Crippen LogP contribution in [0.4, 0.5) is 5.82 Å². The third-order valence-corrected chi connectivity index (χ3v) is 3.76. The summed E-state index contributed by atoms with van der Waals surface area (Å²) in [5, 5.41) is 0.308. The van der Waals surface area contributed by atoms with Gasteiger partial charge in [0.2, 0.25) is 0 Å². The number of halogens is 1. The molecule has 1 saturated heterocycles. The zero-order valence-electron chi connectivity index (χ0n) is 9.03. The van der Waals surface area contributed by atoms with E-state index in [4.69, 9.17) is 11.6 Å². The molecule has 3 rings (SSSR count). The average molecular weight is 240 g/mol. The van der Waals surface area contributed by atoms with Crippen molar-refractivity contribution in [2.24, 2.45) is 0 Å². The highest BCUT2D eigenvalue weighted by molar-refractivity contribution is 6.29. The molecule has 0 aliphatic carbocycles. The number of aromatic nitrogens is 2. The van der Waals surface area contributed by atoms with E-state index in [1.165, 1.54) is 19.3 Å². The van der Waals surface area contributed by atoms with Crippen molar-refractivity contribution in [3.05, 3.63) is 21.7 Å². The zero-order valence-corrected chi connectivity index (χ0v) is 9.78. The first-order chi connectivity index (χ1) is 7.75. The van der Waals surface area contributed by atoms with Crippen LogP contribution in [0.2, 0.25) is 5.15 Å². The summed E-state index contributed by atoms with van der Waals surface area (Å²) in [6.07, 6.45) is 4.78. The average Bonchev–Trinajstić information content (AvgIpc) is 2.28. The second-order valence-corrected chi connectivity index (χ2v) is 4.89. The van der Waals surface area contributed by atoms with E-state index < -0.39 is 0 Å². The van der Waals surface area contributed by atoms with E-state index in [1.54, 1.807) is 4.57 Å². The first-order valence-corrected chi connectivity index (χ1v) is 6.17. The maximum Gasteiger partial charge on any atom is 0.350 e. The molecule has 0 radical (unpaired) electrons. The van der Waals surface area contributed by atoms with Crippen LogP contribution in [0.5, 0.6) is 0 Å². The van der Waals surface area contributed by atoms with Gasteiger partial charge in [-0.15, -0.1) is 0 Å². The van der Waals surface area contributed by atoms with E-state index in [-0.39, 0.29) is 5.69 Å². The van der Waals surface area contributed by atoms with Gasteiger partial charge in [0.1, 0.15) is 11.0 Å². The third-order valence-electron chi connectivity index (χ3n) is 3.57. The minimum absolute atomic E-state index is 0.216. The first-order valence-electron chi connectivity index (χ1n) is 5.80. The lowest BCUT2D eigenvalue weighted by molar-refractivity contribution is 0.374. The number of rotatable bonds is 0. The number of anilines is 1. The lowest BCUT2D eigenvalue weighted by Gasteiger charge is -2.42. The third kappa shape index (κ3) is 1.52. The zero-order chi connectivity index (χ0) is 11.1. The van der Waals surface area contributed by atoms with Crippen molar-refractivity contribution >= 4 is 17.4 Å². The Morgan fingerprint density at radius 2 is 2.19 bits per heavy atom. The maximum absolute atomic E-state index is 11.7. The van der Waals surface area contributed by atoms with Crippen molar-refractivity contribution in [1.82, 2.24) is 9.55 Å². The summed E-state index contributed by atoms with van der Waals surface area (Å²) in [4.78, 5) is 17.8. The summed E-state index contributed by atoms with van der Waals surface area (Å²) in [5.41, 5.74) is -0.216. The molecule has 86 valence electrons. The fourth-order valence-corrected chi connectivity index (χ4v) is 2.96. The fourth-order valence-electron chi connectivity index (χ4n) is 2.80. The van der Waals surface area contributed by atoms with Gasteiger partial charge in [0.25, 0.3) is 0 Å². The minimum Gasteiger partial charge on any atom is -0.355 e. The van der Waals surface area contributed by atoms with Crippen LogP contribution in [-0.2, 0) is 6.54 Å². The molecule has 1 aromatic rings. The van der Waals surface area contributed by atoms with Crippen LogP contribution in [0.25, 0.3) is 0 Å². The smallest absolute Gasteiger partial charge is 0.350 e. The second kappa shape index (κ2) is 3.77. The van der Waals surface area contributed by atoms with E-state index in [0.717, 1.165) is 25.3 Å². The topological polar surface area (TPSA) is 38.1 Å². The summed E-state index contributed by atoms with van der Waals surface area (Å²) in [6, 6.07) is 2.41. The molecule has 0 N–H and O–H groups in total. The Labute approximate surface area is 98.8 Å². The first kappa shape index (κ1) is 10.1. The molecule has 2 aliphatic rings. The highest BCUT2D eigenvalue weighted by Crippen LogP contribution is 2.30. The van der Waals surface area contributed by atoms with Crippen LogP contribution in [0.1, 0.15) is 25.7 Å². The van der Waals surface area contributed by atoms with Gasteiger partial charge in [-0.25, -0.2) is 4.79 Å². The summed E-state index contributed by atoms with van der Waals surface area (Å²) in [5.74, 6) is 0.959. The lowest BCUT2D eigenvalue weighted by atomic mass is 9.97. The highest BCUT2D eigenvalue weighted by Gasteiger charge is 2.29. The van der Waals surface area contributed by atoms with E-state index in [2.05, 4.69) is 9.88 Å². The molecule has 1 fully saturated rings. The van der Waals surface area contributed by atoms with Crippen LogP contribution in [0.3, 0.4) is 0 Å². The van der Waals surface area contributed by atoms with Gasteiger partial charge in [-0.3, -0.25) is 4.57 Å². The van der Waals surface area contributed by atoms with Crippen LogP contribution >= 0.6 is 11.6 Å². The van der Waals surface area contributed by atoms with E-state index >= 15 is 0 Å². The summed E-state index contributed by atoms with van der Waals surface area (Å²) >= 11 is 5.86. The Morgan fingerprint density at radius 3 is 3.06 bits per heavy atom. The Morgan fingerprint density at radius 1 is 1.31 bits per heavy atom. The molecule has 0 aromatic carbocycles. The van der Waals surface area contributed by atoms with Crippen molar-refractivity contribution in [2.45, 2.75) is 38.3 Å². The quantitative estimate of drug-likeness (QED) is 0.647. The van der Waals surface area contributed by atoms with Crippen molar-refractivity contribution in [2.75, 3.05) is 11.4 Å². The molecular formula is C11H14ClN3O. The molecule has 5 heteroatoms. The maximum atomic E-state index is 11.7. The Kier molecular flexibility index (Phi) is 2.39. The van der Waals surface area contributed by atoms with Gasteiger partial charge in [-0.2, -0.15) is 4.98 Å². The molecule has 2 aliphatic heterocycles. The largest absolute Gasteiger partial charge is 0.355 e.